The Morgan fingerprint density at radius 2 is 2.11 bits per heavy atom. The summed E-state index contributed by atoms with van der Waals surface area (Å²) < 4.78 is 13.4. The van der Waals surface area contributed by atoms with Gasteiger partial charge >= 0.3 is 0 Å². The monoisotopic (exact) mass is 261 g/mol. The Hall–Kier alpha value is -1.39. The molecule has 1 aromatic heterocycles. The Balaban J connectivity index is 1.80. The molecule has 1 aliphatic rings. The van der Waals surface area contributed by atoms with Crippen molar-refractivity contribution in [2.45, 2.75) is 18.8 Å². The number of likely N-dealkylation sites (tertiary alicyclic amines) is 1. The molecule has 0 atom stereocenters. The Kier molecular flexibility index (Phi) is 3.53. The summed E-state index contributed by atoms with van der Waals surface area (Å²) in [6, 6.07) is 4.97. The van der Waals surface area contributed by atoms with Gasteiger partial charge in [0.25, 0.3) is 0 Å². The predicted octanol–water partition coefficient (Wildman–Crippen LogP) is 2.45. The van der Waals surface area contributed by atoms with E-state index in [0.29, 0.717) is 5.92 Å². The van der Waals surface area contributed by atoms with Crippen molar-refractivity contribution < 1.29 is 4.39 Å². The zero-order valence-electron chi connectivity index (χ0n) is 11.0. The van der Waals surface area contributed by atoms with E-state index in [9.17, 15) is 4.39 Å². The Morgan fingerprint density at radius 3 is 2.84 bits per heavy atom. The van der Waals surface area contributed by atoms with Gasteiger partial charge in [-0.15, -0.1) is 0 Å². The van der Waals surface area contributed by atoms with Crippen molar-refractivity contribution in [2.24, 2.45) is 5.73 Å². The number of rotatable bonds is 3. The van der Waals surface area contributed by atoms with Gasteiger partial charge in [0, 0.05) is 30.2 Å². The highest BCUT2D eigenvalue weighted by atomic mass is 19.1. The van der Waals surface area contributed by atoms with Crippen molar-refractivity contribution in [3.8, 4) is 0 Å². The minimum absolute atomic E-state index is 0.158. The van der Waals surface area contributed by atoms with Crippen molar-refractivity contribution >= 4 is 10.9 Å². The molecule has 0 radical (unpaired) electrons. The van der Waals surface area contributed by atoms with Gasteiger partial charge in [-0.25, -0.2) is 4.39 Å². The van der Waals surface area contributed by atoms with Crippen molar-refractivity contribution in [2.75, 3.05) is 26.2 Å². The molecule has 3 rings (SSSR count). The van der Waals surface area contributed by atoms with E-state index in [4.69, 9.17) is 5.73 Å². The van der Waals surface area contributed by atoms with Crippen LogP contribution in [0.1, 0.15) is 24.3 Å². The number of H-pyrrole nitrogens is 1. The number of hydrogen-bond donors (Lipinski definition) is 2. The normalized spacial score (nSPS) is 18.2. The molecule has 3 N–H and O–H groups in total. The van der Waals surface area contributed by atoms with Crippen LogP contribution in [0.25, 0.3) is 10.9 Å². The van der Waals surface area contributed by atoms with Crippen molar-refractivity contribution in [3.63, 3.8) is 0 Å². The quantitative estimate of drug-likeness (QED) is 0.891. The number of aromatic amines is 1. The lowest BCUT2D eigenvalue weighted by molar-refractivity contribution is 0.218. The zero-order chi connectivity index (χ0) is 13.2. The Morgan fingerprint density at radius 1 is 1.32 bits per heavy atom. The number of nitrogens with two attached hydrogens (primary N) is 1. The van der Waals surface area contributed by atoms with E-state index in [1.807, 2.05) is 12.3 Å². The molecule has 4 heteroatoms. The van der Waals surface area contributed by atoms with Crippen LogP contribution in [0.3, 0.4) is 0 Å². The van der Waals surface area contributed by atoms with E-state index >= 15 is 0 Å². The van der Waals surface area contributed by atoms with Gasteiger partial charge in [-0.2, -0.15) is 0 Å². The molecule has 19 heavy (non-hydrogen) atoms. The molecule has 0 aliphatic carbocycles. The summed E-state index contributed by atoms with van der Waals surface area (Å²) in [7, 11) is 0. The van der Waals surface area contributed by atoms with E-state index in [-0.39, 0.29) is 5.82 Å². The number of hydrogen-bond acceptors (Lipinski definition) is 2. The largest absolute Gasteiger partial charge is 0.361 e. The van der Waals surface area contributed by atoms with Crippen molar-refractivity contribution in [1.82, 2.24) is 9.88 Å². The molecule has 1 fully saturated rings. The third-order valence-electron chi connectivity index (χ3n) is 4.15. The smallest absolute Gasteiger partial charge is 0.123 e. The minimum Gasteiger partial charge on any atom is -0.361 e. The first-order valence-corrected chi connectivity index (χ1v) is 6.97. The van der Waals surface area contributed by atoms with Gasteiger partial charge in [-0.1, -0.05) is 0 Å². The Labute approximate surface area is 112 Å². The molecule has 2 aromatic rings. The second-order valence-corrected chi connectivity index (χ2v) is 5.34. The molecule has 1 aliphatic heterocycles. The lowest BCUT2D eigenvalue weighted by Gasteiger charge is -2.31. The third-order valence-corrected chi connectivity index (χ3v) is 4.15. The van der Waals surface area contributed by atoms with E-state index in [0.717, 1.165) is 49.9 Å². The first-order chi connectivity index (χ1) is 9.28. The molecule has 0 saturated carbocycles. The standard InChI is InChI=1S/C15H20FN3/c16-12-1-2-15-13(9-12)14(10-18-15)11-3-6-19(7-4-11)8-5-17/h1-2,9-11,18H,3-8,17H2. The summed E-state index contributed by atoms with van der Waals surface area (Å²) in [6.45, 7) is 3.88. The Bertz CT molecular complexity index is 556. The maximum atomic E-state index is 13.4. The molecule has 102 valence electrons. The van der Waals surface area contributed by atoms with Gasteiger partial charge in [0.05, 0.1) is 0 Å². The number of nitrogens with zero attached hydrogens (tertiary/aromatic N) is 1. The van der Waals surface area contributed by atoms with Crippen LogP contribution in [0.5, 0.6) is 0 Å². The summed E-state index contributed by atoms with van der Waals surface area (Å²) in [4.78, 5) is 5.66. The summed E-state index contributed by atoms with van der Waals surface area (Å²) in [5, 5.41) is 1.04. The molecule has 1 aromatic carbocycles. The number of fused-ring (bicyclic) bond motifs is 1. The second-order valence-electron chi connectivity index (χ2n) is 5.34. The maximum absolute atomic E-state index is 13.4. The summed E-state index contributed by atoms with van der Waals surface area (Å²) >= 11 is 0. The molecule has 0 amide bonds. The highest BCUT2D eigenvalue weighted by Gasteiger charge is 2.22. The molecule has 0 spiro atoms. The van der Waals surface area contributed by atoms with Gasteiger partial charge < -0.3 is 15.6 Å². The van der Waals surface area contributed by atoms with Crippen LogP contribution in [-0.4, -0.2) is 36.1 Å². The molecule has 3 nitrogen and oxygen atoms in total. The van der Waals surface area contributed by atoms with E-state index in [1.165, 1.54) is 11.6 Å². The van der Waals surface area contributed by atoms with Crippen LogP contribution in [0.2, 0.25) is 0 Å². The van der Waals surface area contributed by atoms with Crippen LogP contribution in [0.4, 0.5) is 4.39 Å². The molecular formula is C15H20FN3. The van der Waals surface area contributed by atoms with Gasteiger partial charge in [-0.3, -0.25) is 0 Å². The fourth-order valence-corrected chi connectivity index (χ4v) is 3.10. The topological polar surface area (TPSA) is 45.0 Å². The van der Waals surface area contributed by atoms with E-state index in [2.05, 4.69) is 9.88 Å². The second kappa shape index (κ2) is 5.31. The highest BCUT2D eigenvalue weighted by molar-refractivity contribution is 5.83. The molecule has 1 saturated heterocycles. The first-order valence-electron chi connectivity index (χ1n) is 6.97. The lowest BCUT2D eigenvalue weighted by atomic mass is 9.89. The van der Waals surface area contributed by atoms with Gasteiger partial charge in [0.1, 0.15) is 5.82 Å². The lowest BCUT2D eigenvalue weighted by Crippen LogP contribution is -2.36. The van der Waals surface area contributed by atoms with Gasteiger partial charge in [-0.05, 0) is 55.6 Å². The third kappa shape index (κ3) is 2.51. The fourth-order valence-electron chi connectivity index (χ4n) is 3.10. The SMILES string of the molecule is NCCN1CCC(c2c[nH]c3ccc(F)cc23)CC1. The van der Waals surface area contributed by atoms with Crippen LogP contribution >= 0.6 is 0 Å². The molecule has 0 unspecified atom stereocenters. The average Bonchev–Trinajstić information content (AvgIpc) is 2.83. The zero-order valence-corrected chi connectivity index (χ0v) is 11.0. The van der Waals surface area contributed by atoms with Crippen molar-refractivity contribution in [1.29, 1.82) is 0 Å². The van der Waals surface area contributed by atoms with Crippen molar-refractivity contribution in [3.05, 3.63) is 35.8 Å². The van der Waals surface area contributed by atoms with Gasteiger partial charge in [0.15, 0.2) is 0 Å². The predicted molar refractivity (Wildman–Crippen MR) is 75.7 cm³/mol. The summed E-state index contributed by atoms with van der Waals surface area (Å²) in [6.07, 6.45) is 4.31. The minimum atomic E-state index is -0.158. The van der Waals surface area contributed by atoms with Crippen LogP contribution in [0.15, 0.2) is 24.4 Å². The number of halogens is 1. The molecular weight excluding hydrogens is 241 g/mol. The summed E-state index contributed by atoms with van der Waals surface area (Å²) in [5.74, 6) is 0.374. The fraction of sp³-hybridized carbons (Fsp3) is 0.467. The van der Waals surface area contributed by atoms with Crippen LogP contribution in [-0.2, 0) is 0 Å². The first kappa shape index (κ1) is 12.6. The molecule has 0 bridgehead atoms. The number of benzene rings is 1. The van der Waals surface area contributed by atoms with Crippen LogP contribution in [0, 0.1) is 5.82 Å². The van der Waals surface area contributed by atoms with E-state index in [1.54, 1.807) is 6.07 Å². The molecule has 2 heterocycles. The average molecular weight is 261 g/mol. The number of aromatic nitrogens is 1. The van der Waals surface area contributed by atoms with E-state index < -0.39 is 0 Å². The van der Waals surface area contributed by atoms with Gasteiger partial charge in [0.2, 0.25) is 0 Å². The number of piperidine rings is 1. The van der Waals surface area contributed by atoms with Crippen LogP contribution < -0.4 is 5.73 Å². The maximum Gasteiger partial charge on any atom is 0.123 e. The highest BCUT2D eigenvalue weighted by Crippen LogP contribution is 2.33. The number of nitrogens with one attached hydrogen (secondary N) is 1. The summed E-state index contributed by atoms with van der Waals surface area (Å²) in [5.41, 5.74) is 7.89.